The maximum atomic E-state index is 11.4. The number of hydrogen-bond acceptors (Lipinski definition) is 4. The first kappa shape index (κ1) is 10.8. The van der Waals surface area contributed by atoms with Crippen molar-refractivity contribution in [3.63, 3.8) is 0 Å². The predicted octanol–water partition coefficient (Wildman–Crippen LogP) is -0.148. The molecule has 0 aliphatic heterocycles. The lowest BCUT2D eigenvalue weighted by molar-refractivity contribution is 0.667. The summed E-state index contributed by atoms with van der Waals surface area (Å²) in [5.74, 6) is 0. The number of rotatable bonds is 2. The molecule has 6 heteroatoms. The van der Waals surface area contributed by atoms with Crippen LogP contribution >= 0.6 is 0 Å². The van der Waals surface area contributed by atoms with Crippen molar-refractivity contribution < 1.29 is 0 Å². The first-order chi connectivity index (χ1) is 8.20. The van der Waals surface area contributed by atoms with Crippen LogP contribution in [0.1, 0.15) is 11.1 Å². The summed E-state index contributed by atoms with van der Waals surface area (Å²) >= 11 is 0. The minimum atomic E-state index is -0.554. The average Bonchev–Trinajstić information content (AvgIpc) is 2.35. The second-order valence-electron chi connectivity index (χ2n) is 3.41. The number of nitrogens with one attached hydrogen (secondary N) is 1. The highest BCUT2D eigenvalue weighted by molar-refractivity contribution is 5.31. The first-order valence-electron chi connectivity index (χ1n) is 4.84. The van der Waals surface area contributed by atoms with Gasteiger partial charge >= 0.3 is 5.69 Å². The Morgan fingerprint density at radius 2 is 2.00 bits per heavy atom. The van der Waals surface area contributed by atoms with Gasteiger partial charge in [-0.15, -0.1) is 0 Å². The molecular formula is C11H8N4O2. The number of nitrogens with zero attached hydrogens (tertiary/aromatic N) is 3. The Bertz CT molecular complexity index is 648. The normalized spacial score (nSPS) is 9.82. The molecule has 84 valence electrons. The molecule has 6 nitrogen and oxygen atoms in total. The van der Waals surface area contributed by atoms with E-state index in [-0.39, 0.29) is 6.54 Å². The Hall–Kier alpha value is -2.68. The molecule has 1 aromatic carbocycles. The topological polar surface area (TPSA) is 91.5 Å². The summed E-state index contributed by atoms with van der Waals surface area (Å²) in [5, 5.41) is 14.2. The van der Waals surface area contributed by atoms with Gasteiger partial charge in [-0.1, -0.05) is 12.1 Å². The lowest BCUT2D eigenvalue weighted by Crippen LogP contribution is -2.35. The van der Waals surface area contributed by atoms with E-state index in [0.717, 1.165) is 16.3 Å². The van der Waals surface area contributed by atoms with E-state index in [4.69, 9.17) is 5.26 Å². The predicted molar refractivity (Wildman–Crippen MR) is 59.4 cm³/mol. The zero-order valence-corrected chi connectivity index (χ0v) is 8.75. The lowest BCUT2D eigenvalue weighted by atomic mass is 10.1. The van der Waals surface area contributed by atoms with Gasteiger partial charge < -0.3 is 0 Å². The third-order valence-corrected chi connectivity index (χ3v) is 2.27. The fraction of sp³-hybridized carbons (Fsp3) is 0.0909. The summed E-state index contributed by atoms with van der Waals surface area (Å²) in [7, 11) is 0. The maximum Gasteiger partial charge on any atom is 0.345 e. The fourth-order valence-electron chi connectivity index (χ4n) is 1.39. The van der Waals surface area contributed by atoms with Crippen LogP contribution in [0.25, 0.3) is 0 Å². The third kappa shape index (κ3) is 2.29. The van der Waals surface area contributed by atoms with Crippen LogP contribution in [0.3, 0.4) is 0 Å². The summed E-state index contributed by atoms with van der Waals surface area (Å²) in [5.41, 5.74) is 0.285. The van der Waals surface area contributed by atoms with Crippen LogP contribution in [0, 0.1) is 11.3 Å². The molecule has 0 amide bonds. The molecule has 17 heavy (non-hydrogen) atoms. The van der Waals surface area contributed by atoms with Crippen LogP contribution in [0.2, 0.25) is 0 Å². The molecule has 0 spiro atoms. The van der Waals surface area contributed by atoms with Gasteiger partial charge in [0.25, 0.3) is 5.56 Å². The van der Waals surface area contributed by atoms with Crippen LogP contribution in [-0.2, 0) is 6.54 Å². The van der Waals surface area contributed by atoms with E-state index in [9.17, 15) is 9.59 Å². The van der Waals surface area contributed by atoms with Crippen molar-refractivity contribution in [2.24, 2.45) is 0 Å². The van der Waals surface area contributed by atoms with Gasteiger partial charge in [0, 0.05) is 0 Å². The first-order valence-corrected chi connectivity index (χ1v) is 4.84. The fourth-order valence-corrected chi connectivity index (χ4v) is 1.39. The highest BCUT2D eigenvalue weighted by Crippen LogP contribution is 2.03. The Labute approximate surface area is 95.8 Å². The third-order valence-electron chi connectivity index (χ3n) is 2.27. The number of hydrogen-bond donors (Lipinski definition) is 1. The lowest BCUT2D eigenvalue weighted by Gasteiger charge is -2.03. The van der Waals surface area contributed by atoms with Crippen LogP contribution in [0.4, 0.5) is 0 Å². The van der Waals surface area contributed by atoms with E-state index in [0.29, 0.717) is 5.56 Å². The number of aromatic nitrogens is 3. The smallest absolute Gasteiger partial charge is 0.267 e. The van der Waals surface area contributed by atoms with Crippen molar-refractivity contribution in [1.29, 1.82) is 5.26 Å². The van der Waals surface area contributed by atoms with Crippen molar-refractivity contribution in [2.45, 2.75) is 6.54 Å². The van der Waals surface area contributed by atoms with E-state index >= 15 is 0 Å². The second kappa shape index (κ2) is 4.45. The zero-order chi connectivity index (χ0) is 12.3. The molecule has 1 aromatic heterocycles. The van der Waals surface area contributed by atoms with Gasteiger partial charge in [0.05, 0.1) is 18.2 Å². The number of benzene rings is 1. The Morgan fingerprint density at radius 1 is 1.29 bits per heavy atom. The van der Waals surface area contributed by atoms with E-state index in [1.54, 1.807) is 24.3 Å². The monoisotopic (exact) mass is 228 g/mol. The Balaban J connectivity index is 2.36. The summed E-state index contributed by atoms with van der Waals surface area (Å²) in [4.78, 5) is 22.8. The van der Waals surface area contributed by atoms with Crippen molar-refractivity contribution in [3.05, 3.63) is 62.4 Å². The summed E-state index contributed by atoms with van der Waals surface area (Å²) in [6.45, 7) is 0.155. The van der Waals surface area contributed by atoms with Gasteiger partial charge in [-0.25, -0.2) is 9.89 Å². The summed E-state index contributed by atoms with van der Waals surface area (Å²) < 4.78 is 1.04. The highest BCUT2D eigenvalue weighted by atomic mass is 16.2. The molecule has 0 fully saturated rings. The molecule has 2 aromatic rings. The van der Waals surface area contributed by atoms with E-state index < -0.39 is 11.2 Å². The molecule has 1 N–H and O–H groups in total. The van der Waals surface area contributed by atoms with E-state index in [1.807, 2.05) is 6.07 Å². The molecule has 2 rings (SSSR count). The largest absolute Gasteiger partial charge is 0.345 e. The summed E-state index contributed by atoms with van der Waals surface area (Å²) in [6, 6.07) is 8.66. The molecule has 0 aliphatic rings. The van der Waals surface area contributed by atoms with Crippen molar-refractivity contribution in [2.75, 3.05) is 0 Å². The minimum Gasteiger partial charge on any atom is -0.267 e. The number of aromatic amines is 1. The van der Waals surface area contributed by atoms with Gasteiger partial charge in [-0.05, 0) is 17.7 Å². The van der Waals surface area contributed by atoms with Gasteiger partial charge in [-0.3, -0.25) is 9.36 Å². The zero-order valence-electron chi connectivity index (χ0n) is 8.75. The van der Waals surface area contributed by atoms with Gasteiger partial charge in [0.2, 0.25) is 0 Å². The van der Waals surface area contributed by atoms with Crippen molar-refractivity contribution in [1.82, 2.24) is 14.8 Å². The molecule has 0 atom stereocenters. The van der Waals surface area contributed by atoms with E-state index in [1.165, 1.54) is 0 Å². The van der Waals surface area contributed by atoms with Gasteiger partial charge in [0.15, 0.2) is 0 Å². The SMILES string of the molecule is N#Cc1ccc(Cn2c(=O)cn[nH]c2=O)cc1. The minimum absolute atomic E-state index is 0.155. The molecule has 0 bridgehead atoms. The molecule has 0 radical (unpaired) electrons. The van der Waals surface area contributed by atoms with Crippen LogP contribution in [0.5, 0.6) is 0 Å². The molecule has 0 aliphatic carbocycles. The second-order valence-corrected chi connectivity index (χ2v) is 3.41. The molecule has 0 saturated carbocycles. The molecule has 1 heterocycles. The van der Waals surface area contributed by atoms with Gasteiger partial charge in [0.1, 0.15) is 6.20 Å². The Kier molecular flexibility index (Phi) is 2.83. The number of H-pyrrole nitrogens is 1. The van der Waals surface area contributed by atoms with Crippen LogP contribution in [-0.4, -0.2) is 14.8 Å². The maximum absolute atomic E-state index is 11.4. The Morgan fingerprint density at radius 3 is 2.59 bits per heavy atom. The van der Waals surface area contributed by atoms with Gasteiger partial charge in [-0.2, -0.15) is 10.4 Å². The quantitative estimate of drug-likeness (QED) is 0.773. The molecule has 0 saturated heterocycles. The van der Waals surface area contributed by atoms with Crippen molar-refractivity contribution in [3.8, 4) is 6.07 Å². The molecular weight excluding hydrogens is 220 g/mol. The van der Waals surface area contributed by atoms with Crippen LogP contribution < -0.4 is 11.2 Å². The average molecular weight is 228 g/mol. The summed E-state index contributed by atoms with van der Waals surface area (Å²) in [6.07, 6.45) is 1.05. The van der Waals surface area contributed by atoms with Crippen molar-refractivity contribution >= 4 is 0 Å². The number of nitriles is 1. The standard InChI is InChI=1S/C11H8N4O2/c12-5-8-1-3-9(4-2-8)7-15-10(16)6-13-14-11(15)17/h1-4,6H,7H2,(H,14,17). The van der Waals surface area contributed by atoms with E-state index in [2.05, 4.69) is 10.2 Å². The highest BCUT2D eigenvalue weighted by Gasteiger charge is 2.02. The molecule has 0 unspecified atom stereocenters. The van der Waals surface area contributed by atoms with Crippen LogP contribution in [0.15, 0.2) is 40.1 Å².